The first-order valence-corrected chi connectivity index (χ1v) is 6.00. The maximum Gasteiger partial charge on any atom is 0.277 e. The van der Waals surface area contributed by atoms with E-state index in [0.717, 1.165) is 6.20 Å². The highest BCUT2D eigenvalue weighted by molar-refractivity contribution is 6.03. The number of pyridine rings is 1. The Morgan fingerprint density at radius 2 is 2.24 bits per heavy atom. The highest BCUT2D eigenvalue weighted by Crippen LogP contribution is 2.18. The third-order valence-corrected chi connectivity index (χ3v) is 2.69. The Morgan fingerprint density at radius 1 is 1.38 bits per heavy atom. The molecule has 0 spiro atoms. The summed E-state index contributed by atoms with van der Waals surface area (Å²) in [7, 11) is 1.74. The molecule has 0 aliphatic heterocycles. The molecule has 0 unspecified atom stereocenters. The molecular weight excluding hydrogens is 277 g/mol. The maximum atomic E-state index is 12.8. The van der Waals surface area contributed by atoms with Crippen LogP contribution in [0.25, 0.3) is 11.5 Å². The summed E-state index contributed by atoms with van der Waals surface area (Å²) in [5.41, 5.74) is 1.04. The highest BCUT2D eigenvalue weighted by atomic mass is 19.1. The number of carbonyl (C=O) groups excluding carboxylic acids is 1. The Balaban J connectivity index is 1.78. The minimum absolute atomic E-state index is 0.0972. The lowest BCUT2D eigenvalue weighted by molar-refractivity contribution is 0.101. The summed E-state index contributed by atoms with van der Waals surface area (Å²) >= 11 is 0. The number of hydrogen-bond acceptors (Lipinski definition) is 5. The largest absolute Gasteiger partial charge is 0.354 e. The van der Waals surface area contributed by atoms with E-state index in [1.165, 1.54) is 24.4 Å². The van der Waals surface area contributed by atoms with Crippen LogP contribution in [0.15, 0.2) is 41.3 Å². The van der Waals surface area contributed by atoms with Crippen molar-refractivity contribution in [3.05, 3.63) is 48.3 Å². The van der Waals surface area contributed by atoms with Gasteiger partial charge in [-0.15, -0.1) is 0 Å². The van der Waals surface area contributed by atoms with Gasteiger partial charge in [-0.05, 0) is 12.1 Å². The first-order chi connectivity index (χ1) is 10.1. The van der Waals surface area contributed by atoms with Gasteiger partial charge in [-0.1, -0.05) is 5.16 Å². The van der Waals surface area contributed by atoms with Crippen LogP contribution in [0.3, 0.4) is 0 Å². The summed E-state index contributed by atoms with van der Waals surface area (Å²) in [5, 5.41) is 10.2. The molecule has 0 aliphatic rings. The molecule has 0 aliphatic carbocycles. The van der Waals surface area contributed by atoms with E-state index >= 15 is 0 Å². The van der Waals surface area contributed by atoms with Crippen LogP contribution in [0.5, 0.6) is 0 Å². The van der Waals surface area contributed by atoms with Gasteiger partial charge in [0.25, 0.3) is 5.91 Å². The molecular formula is C13H10FN5O2. The van der Waals surface area contributed by atoms with Crippen molar-refractivity contribution < 1.29 is 13.7 Å². The number of halogens is 1. The fourth-order valence-electron chi connectivity index (χ4n) is 1.71. The quantitative estimate of drug-likeness (QED) is 0.794. The van der Waals surface area contributed by atoms with Gasteiger partial charge in [-0.3, -0.25) is 9.48 Å². The lowest BCUT2D eigenvalue weighted by atomic mass is 10.2. The second kappa shape index (κ2) is 5.16. The Kier molecular flexibility index (Phi) is 3.19. The molecule has 21 heavy (non-hydrogen) atoms. The second-order valence-electron chi connectivity index (χ2n) is 4.29. The molecule has 0 atom stereocenters. The summed E-state index contributed by atoms with van der Waals surface area (Å²) in [6.45, 7) is 0. The van der Waals surface area contributed by atoms with Crippen molar-refractivity contribution >= 4 is 11.6 Å². The molecule has 1 N–H and O–H groups in total. The van der Waals surface area contributed by atoms with Crippen molar-refractivity contribution in [3.8, 4) is 11.5 Å². The van der Waals surface area contributed by atoms with E-state index in [9.17, 15) is 9.18 Å². The van der Waals surface area contributed by atoms with Crippen LogP contribution < -0.4 is 5.32 Å². The number of hydrogen-bond donors (Lipinski definition) is 1. The van der Waals surface area contributed by atoms with Crippen LogP contribution >= 0.6 is 0 Å². The molecule has 3 aromatic rings. The Labute approximate surface area is 118 Å². The van der Waals surface area contributed by atoms with E-state index < -0.39 is 11.7 Å². The molecule has 3 aromatic heterocycles. The first kappa shape index (κ1) is 13.0. The third kappa shape index (κ3) is 2.78. The van der Waals surface area contributed by atoms with Crippen molar-refractivity contribution in [2.24, 2.45) is 7.05 Å². The van der Waals surface area contributed by atoms with Crippen LogP contribution in [0, 0.1) is 5.82 Å². The molecule has 3 heterocycles. The number of rotatable bonds is 3. The summed E-state index contributed by atoms with van der Waals surface area (Å²) in [6.07, 6.45) is 4.23. The van der Waals surface area contributed by atoms with Crippen LogP contribution in [-0.2, 0) is 7.05 Å². The van der Waals surface area contributed by atoms with Gasteiger partial charge in [-0.25, -0.2) is 9.37 Å². The summed E-state index contributed by atoms with van der Waals surface area (Å²) < 4.78 is 19.4. The minimum Gasteiger partial charge on any atom is -0.354 e. The van der Waals surface area contributed by atoms with Gasteiger partial charge >= 0.3 is 0 Å². The lowest BCUT2D eigenvalue weighted by Gasteiger charge is -1.96. The van der Waals surface area contributed by atoms with Crippen molar-refractivity contribution in [3.63, 3.8) is 0 Å². The number of amides is 1. The Bertz CT molecular complexity index is 778. The van der Waals surface area contributed by atoms with Gasteiger partial charge < -0.3 is 9.84 Å². The lowest BCUT2D eigenvalue weighted by Crippen LogP contribution is -2.11. The standard InChI is InChI=1S/C13H10FN5O2/c1-19-7-9(6-16-19)17-13(20)11-4-12(21-18-11)10-3-2-8(14)5-15-10/h2-7H,1H3,(H,17,20). The molecule has 3 rings (SSSR count). The molecule has 8 heteroatoms. The van der Waals surface area contributed by atoms with Crippen LogP contribution in [0.1, 0.15) is 10.5 Å². The van der Waals surface area contributed by atoms with E-state index in [1.54, 1.807) is 17.9 Å². The van der Waals surface area contributed by atoms with E-state index in [-0.39, 0.29) is 11.5 Å². The molecule has 0 radical (unpaired) electrons. The number of carbonyl (C=O) groups is 1. The number of nitrogens with one attached hydrogen (secondary N) is 1. The van der Waals surface area contributed by atoms with E-state index in [2.05, 4.69) is 20.6 Å². The number of nitrogens with zero attached hydrogens (tertiary/aromatic N) is 4. The van der Waals surface area contributed by atoms with Crippen molar-refractivity contribution in [1.29, 1.82) is 0 Å². The van der Waals surface area contributed by atoms with Crippen LogP contribution in [0.4, 0.5) is 10.1 Å². The molecule has 7 nitrogen and oxygen atoms in total. The van der Waals surface area contributed by atoms with Crippen molar-refractivity contribution in [2.75, 3.05) is 5.32 Å². The molecule has 0 bridgehead atoms. The van der Waals surface area contributed by atoms with E-state index in [1.807, 2.05) is 0 Å². The summed E-state index contributed by atoms with van der Waals surface area (Å²) in [5.74, 6) is -0.598. The predicted octanol–water partition coefficient (Wildman–Crippen LogP) is 1.86. The average Bonchev–Trinajstić information content (AvgIpc) is 3.09. The van der Waals surface area contributed by atoms with Crippen LogP contribution in [0.2, 0.25) is 0 Å². The van der Waals surface area contributed by atoms with Gasteiger partial charge in [0, 0.05) is 19.3 Å². The van der Waals surface area contributed by atoms with Crippen molar-refractivity contribution in [1.82, 2.24) is 19.9 Å². The maximum absolute atomic E-state index is 12.8. The number of aromatic nitrogens is 4. The van der Waals surface area contributed by atoms with Gasteiger partial charge in [-0.2, -0.15) is 5.10 Å². The molecule has 1 amide bonds. The van der Waals surface area contributed by atoms with Gasteiger partial charge in [0.05, 0.1) is 18.1 Å². The zero-order chi connectivity index (χ0) is 14.8. The fraction of sp³-hybridized carbons (Fsp3) is 0.0769. The van der Waals surface area contributed by atoms with Gasteiger partial charge in [0.15, 0.2) is 11.5 Å². The topological polar surface area (TPSA) is 85.8 Å². The highest BCUT2D eigenvalue weighted by Gasteiger charge is 2.15. The van der Waals surface area contributed by atoms with Crippen molar-refractivity contribution in [2.45, 2.75) is 0 Å². The van der Waals surface area contributed by atoms with E-state index in [4.69, 9.17) is 4.52 Å². The zero-order valence-corrected chi connectivity index (χ0v) is 10.9. The minimum atomic E-state index is -0.451. The smallest absolute Gasteiger partial charge is 0.277 e. The Hall–Kier alpha value is -3.03. The first-order valence-electron chi connectivity index (χ1n) is 6.00. The molecule has 0 fully saturated rings. The van der Waals surface area contributed by atoms with Crippen LogP contribution in [-0.4, -0.2) is 25.8 Å². The summed E-state index contributed by atoms with van der Waals surface area (Å²) in [6, 6.07) is 4.13. The number of anilines is 1. The van der Waals surface area contributed by atoms with Gasteiger partial charge in [0.1, 0.15) is 11.5 Å². The second-order valence-corrected chi connectivity index (χ2v) is 4.29. The monoisotopic (exact) mass is 287 g/mol. The van der Waals surface area contributed by atoms with E-state index in [0.29, 0.717) is 11.4 Å². The molecule has 0 saturated carbocycles. The van der Waals surface area contributed by atoms with Gasteiger partial charge in [0.2, 0.25) is 0 Å². The molecule has 106 valence electrons. The SMILES string of the molecule is Cn1cc(NC(=O)c2cc(-c3ccc(F)cn3)on2)cn1. The zero-order valence-electron chi connectivity index (χ0n) is 10.9. The molecule has 0 saturated heterocycles. The number of aryl methyl sites for hydroxylation is 1. The normalized spacial score (nSPS) is 10.6. The molecule has 0 aromatic carbocycles. The average molecular weight is 287 g/mol. The summed E-state index contributed by atoms with van der Waals surface area (Å²) in [4.78, 5) is 15.8. The Morgan fingerprint density at radius 3 is 2.90 bits per heavy atom. The third-order valence-electron chi connectivity index (χ3n) is 2.69. The predicted molar refractivity (Wildman–Crippen MR) is 70.9 cm³/mol. The fourth-order valence-corrected chi connectivity index (χ4v) is 1.71.